The van der Waals surface area contributed by atoms with Crippen LogP contribution in [0.4, 0.5) is 0 Å². The van der Waals surface area contributed by atoms with Crippen LogP contribution in [0.3, 0.4) is 0 Å². The van der Waals surface area contributed by atoms with E-state index in [-0.39, 0.29) is 5.91 Å². The van der Waals surface area contributed by atoms with Crippen molar-refractivity contribution < 1.29 is 9.53 Å². The molecular formula is C18H29BrN4O2. The summed E-state index contributed by atoms with van der Waals surface area (Å²) in [5.74, 6) is 0.646. The largest absolute Gasteiger partial charge is 0.381 e. The predicted molar refractivity (Wildman–Crippen MR) is 106 cm³/mol. The molecule has 0 aromatic heterocycles. The summed E-state index contributed by atoms with van der Waals surface area (Å²) in [6.45, 7) is 5.68. The fourth-order valence-electron chi connectivity index (χ4n) is 2.01. The fourth-order valence-corrected chi connectivity index (χ4v) is 2.27. The molecule has 0 saturated heterocycles. The van der Waals surface area contributed by atoms with Crippen LogP contribution < -0.4 is 16.0 Å². The highest BCUT2D eigenvalue weighted by Gasteiger charge is 2.04. The first-order chi connectivity index (χ1) is 12.2. The van der Waals surface area contributed by atoms with Crippen molar-refractivity contribution in [3.05, 3.63) is 34.3 Å². The number of carbonyl (C=O) groups is 1. The zero-order valence-electron chi connectivity index (χ0n) is 15.1. The molecule has 0 heterocycles. The van der Waals surface area contributed by atoms with E-state index in [9.17, 15) is 4.79 Å². The highest BCUT2D eigenvalue weighted by atomic mass is 79.9. The zero-order valence-corrected chi connectivity index (χ0v) is 16.7. The normalized spacial score (nSPS) is 11.2. The second-order valence-electron chi connectivity index (χ2n) is 5.51. The lowest BCUT2D eigenvalue weighted by Crippen LogP contribution is -2.42. The van der Waals surface area contributed by atoms with Gasteiger partial charge >= 0.3 is 0 Å². The molecule has 0 aliphatic carbocycles. The van der Waals surface area contributed by atoms with Gasteiger partial charge in [-0.1, -0.05) is 29.3 Å². The van der Waals surface area contributed by atoms with Gasteiger partial charge in [0.05, 0.1) is 0 Å². The number of carbonyl (C=O) groups excluding carboxylic acids is 1. The molecule has 1 aromatic carbocycles. The predicted octanol–water partition coefficient (Wildman–Crippen LogP) is 2.55. The van der Waals surface area contributed by atoms with Gasteiger partial charge in [-0.2, -0.15) is 0 Å². The maximum Gasteiger partial charge on any atom is 0.251 e. The van der Waals surface area contributed by atoms with Gasteiger partial charge < -0.3 is 20.7 Å². The Morgan fingerprint density at radius 3 is 2.36 bits per heavy atom. The van der Waals surface area contributed by atoms with Crippen molar-refractivity contribution in [2.75, 3.05) is 39.9 Å². The zero-order chi connectivity index (χ0) is 18.3. The third-order valence-electron chi connectivity index (χ3n) is 3.43. The van der Waals surface area contributed by atoms with E-state index < -0.39 is 0 Å². The minimum Gasteiger partial charge on any atom is -0.381 e. The Labute approximate surface area is 158 Å². The third kappa shape index (κ3) is 10.1. The molecule has 25 heavy (non-hydrogen) atoms. The van der Waals surface area contributed by atoms with Crippen molar-refractivity contribution in [2.24, 2.45) is 4.99 Å². The van der Waals surface area contributed by atoms with Gasteiger partial charge in [0.1, 0.15) is 0 Å². The maximum atomic E-state index is 12.0. The number of halogens is 1. The molecule has 1 aromatic rings. The molecule has 0 aliphatic heterocycles. The number of benzene rings is 1. The first kappa shape index (κ1) is 21.4. The Hall–Kier alpha value is -1.60. The van der Waals surface area contributed by atoms with Gasteiger partial charge in [0.2, 0.25) is 0 Å². The minimum atomic E-state index is -0.0820. The number of aliphatic imine (C=N–C) groups is 1. The van der Waals surface area contributed by atoms with Crippen LogP contribution in [0, 0.1) is 0 Å². The quantitative estimate of drug-likeness (QED) is 0.296. The number of nitrogens with one attached hydrogen (secondary N) is 3. The lowest BCUT2D eigenvalue weighted by molar-refractivity contribution is 0.0954. The number of hydrogen-bond acceptors (Lipinski definition) is 3. The maximum absolute atomic E-state index is 12.0. The molecule has 1 amide bonds. The second kappa shape index (κ2) is 13.7. The Morgan fingerprint density at radius 2 is 1.68 bits per heavy atom. The van der Waals surface area contributed by atoms with E-state index in [0.29, 0.717) is 18.7 Å². The van der Waals surface area contributed by atoms with Crippen LogP contribution in [0.15, 0.2) is 33.7 Å². The number of guanidine groups is 1. The molecule has 0 aliphatic rings. The van der Waals surface area contributed by atoms with Crippen molar-refractivity contribution >= 4 is 27.8 Å². The summed E-state index contributed by atoms with van der Waals surface area (Å²) in [6, 6.07) is 7.28. The monoisotopic (exact) mass is 412 g/mol. The summed E-state index contributed by atoms with van der Waals surface area (Å²) in [7, 11) is 1.73. The summed E-state index contributed by atoms with van der Waals surface area (Å²) >= 11 is 3.35. The van der Waals surface area contributed by atoms with Crippen LogP contribution in [0.5, 0.6) is 0 Å². The topological polar surface area (TPSA) is 74.8 Å². The van der Waals surface area contributed by atoms with E-state index in [4.69, 9.17) is 4.74 Å². The highest BCUT2D eigenvalue weighted by molar-refractivity contribution is 9.10. The van der Waals surface area contributed by atoms with E-state index in [1.54, 1.807) is 19.2 Å². The van der Waals surface area contributed by atoms with Crippen molar-refractivity contribution in [2.45, 2.75) is 26.2 Å². The lowest BCUT2D eigenvalue weighted by atomic mass is 10.2. The van der Waals surface area contributed by atoms with Crippen LogP contribution in [-0.4, -0.2) is 51.8 Å². The molecule has 0 saturated carbocycles. The Morgan fingerprint density at radius 1 is 1.04 bits per heavy atom. The van der Waals surface area contributed by atoms with Gasteiger partial charge in [-0.25, -0.2) is 0 Å². The van der Waals surface area contributed by atoms with Gasteiger partial charge in [-0.15, -0.1) is 0 Å². The van der Waals surface area contributed by atoms with Crippen LogP contribution in [-0.2, 0) is 4.74 Å². The summed E-state index contributed by atoms with van der Waals surface area (Å²) < 4.78 is 6.47. The highest BCUT2D eigenvalue weighted by Crippen LogP contribution is 2.10. The number of rotatable bonds is 11. The van der Waals surface area contributed by atoms with Crippen molar-refractivity contribution in [1.29, 1.82) is 0 Å². The molecule has 1 rings (SSSR count). The Kier molecular flexibility index (Phi) is 11.7. The lowest BCUT2D eigenvalue weighted by Gasteiger charge is -2.12. The summed E-state index contributed by atoms with van der Waals surface area (Å²) in [5.41, 5.74) is 0.647. The van der Waals surface area contributed by atoms with Gasteiger partial charge in [0.15, 0.2) is 5.96 Å². The number of amides is 1. The number of ether oxygens (including phenoxy) is 1. The molecular weight excluding hydrogens is 384 g/mol. The molecule has 7 heteroatoms. The van der Waals surface area contributed by atoms with Gasteiger partial charge in [-0.3, -0.25) is 9.79 Å². The van der Waals surface area contributed by atoms with Gasteiger partial charge in [0.25, 0.3) is 5.91 Å². The molecule has 0 spiro atoms. The molecule has 0 atom stereocenters. The van der Waals surface area contributed by atoms with Crippen molar-refractivity contribution in [1.82, 2.24) is 16.0 Å². The van der Waals surface area contributed by atoms with E-state index >= 15 is 0 Å². The third-order valence-corrected chi connectivity index (χ3v) is 3.96. The van der Waals surface area contributed by atoms with Crippen LogP contribution >= 0.6 is 15.9 Å². The van der Waals surface area contributed by atoms with Crippen LogP contribution in [0.2, 0.25) is 0 Å². The fraction of sp³-hybridized carbons (Fsp3) is 0.556. The van der Waals surface area contributed by atoms with Crippen LogP contribution in [0.25, 0.3) is 0 Å². The van der Waals surface area contributed by atoms with E-state index in [0.717, 1.165) is 49.5 Å². The van der Waals surface area contributed by atoms with Crippen LogP contribution in [0.1, 0.15) is 36.5 Å². The minimum absolute atomic E-state index is 0.0820. The first-order valence-electron chi connectivity index (χ1n) is 8.73. The number of hydrogen-bond donors (Lipinski definition) is 3. The summed E-state index contributed by atoms with van der Waals surface area (Å²) in [4.78, 5) is 16.1. The van der Waals surface area contributed by atoms with Gasteiger partial charge in [-0.05, 0) is 37.1 Å². The summed E-state index contributed by atoms with van der Waals surface area (Å²) in [6.07, 6.45) is 3.21. The Balaban J connectivity index is 2.10. The van der Waals surface area contributed by atoms with E-state index in [1.165, 1.54) is 0 Å². The van der Waals surface area contributed by atoms with Crippen molar-refractivity contribution in [3.63, 3.8) is 0 Å². The average Bonchev–Trinajstić information content (AvgIpc) is 2.63. The molecule has 140 valence electrons. The van der Waals surface area contributed by atoms with E-state index in [1.807, 2.05) is 12.1 Å². The Bertz CT molecular complexity index is 520. The number of unbranched alkanes of at least 4 members (excludes halogenated alkanes) is 1. The molecule has 0 bridgehead atoms. The SMILES string of the molecule is CCCCOCCCNC(=NC)NCCNC(=O)c1ccc(Br)cc1. The van der Waals surface area contributed by atoms with Gasteiger partial charge in [0, 0.05) is 49.9 Å². The molecule has 0 radical (unpaired) electrons. The first-order valence-corrected chi connectivity index (χ1v) is 9.52. The average molecular weight is 413 g/mol. The number of nitrogens with zero attached hydrogens (tertiary/aromatic N) is 1. The summed E-state index contributed by atoms with van der Waals surface area (Å²) in [5, 5.41) is 9.27. The molecule has 3 N–H and O–H groups in total. The molecule has 6 nitrogen and oxygen atoms in total. The standard InChI is InChI=1S/C18H29BrN4O2/c1-3-4-13-25-14-5-10-22-18(20-2)23-12-11-21-17(24)15-6-8-16(19)9-7-15/h6-9H,3-5,10-14H2,1-2H3,(H,21,24)(H2,20,22,23). The molecule has 0 fully saturated rings. The molecule has 0 unspecified atom stereocenters. The van der Waals surface area contributed by atoms with E-state index in [2.05, 4.69) is 43.8 Å². The smallest absolute Gasteiger partial charge is 0.251 e. The second-order valence-corrected chi connectivity index (χ2v) is 6.42. The van der Waals surface area contributed by atoms with Crippen molar-refractivity contribution in [3.8, 4) is 0 Å².